The van der Waals surface area contributed by atoms with Gasteiger partial charge in [0.2, 0.25) is 5.91 Å². The Hall–Kier alpha value is -3.06. The molecule has 2 aromatic carbocycles. The van der Waals surface area contributed by atoms with Crippen LogP contribution >= 0.6 is 0 Å². The monoisotopic (exact) mass is 452 g/mol. The van der Waals surface area contributed by atoms with Crippen molar-refractivity contribution in [1.82, 2.24) is 15.1 Å². The number of nitrogens with one attached hydrogen (secondary N) is 2. The second-order valence-electron chi connectivity index (χ2n) is 8.32. The van der Waals surface area contributed by atoms with Crippen LogP contribution in [0.3, 0.4) is 0 Å². The molecule has 1 aliphatic rings. The highest BCUT2D eigenvalue weighted by molar-refractivity contribution is 5.89. The van der Waals surface area contributed by atoms with Gasteiger partial charge in [-0.2, -0.15) is 0 Å². The first-order valence-electron chi connectivity index (χ1n) is 11.8. The van der Waals surface area contributed by atoms with E-state index in [0.29, 0.717) is 32.5 Å². The minimum absolute atomic E-state index is 0.0677. The van der Waals surface area contributed by atoms with Crippen LogP contribution < -0.4 is 15.4 Å². The molecule has 0 radical (unpaired) electrons. The van der Waals surface area contributed by atoms with Crippen molar-refractivity contribution in [2.45, 2.75) is 32.7 Å². The van der Waals surface area contributed by atoms with Crippen LogP contribution in [0.25, 0.3) is 0 Å². The van der Waals surface area contributed by atoms with Crippen LogP contribution in [0.5, 0.6) is 5.75 Å². The maximum Gasteiger partial charge on any atom is 0.321 e. The number of benzene rings is 2. The number of carbonyl (C=O) groups is 2. The summed E-state index contributed by atoms with van der Waals surface area (Å²) in [5.41, 5.74) is 1.91. The molecular formula is C26H36N4O3. The Morgan fingerprint density at radius 3 is 2.39 bits per heavy atom. The maximum absolute atomic E-state index is 13.0. The van der Waals surface area contributed by atoms with E-state index in [1.54, 1.807) is 12.0 Å². The van der Waals surface area contributed by atoms with Crippen molar-refractivity contribution in [3.05, 3.63) is 60.2 Å². The number of ether oxygens (including phenoxy) is 1. The molecule has 0 aliphatic carbocycles. The topological polar surface area (TPSA) is 73.9 Å². The molecule has 1 fully saturated rings. The first-order valence-corrected chi connectivity index (χ1v) is 11.8. The highest BCUT2D eigenvalue weighted by Crippen LogP contribution is 2.25. The molecule has 0 aromatic heterocycles. The molecule has 2 aromatic rings. The summed E-state index contributed by atoms with van der Waals surface area (Å²) in [6, 6.07) is 17.5. The zero-order chi connectivity index (χ0) is 23.6. The van der Waals surface area contributed by atoms with E-state index in [9.17, 15) is 9.59 Å². The van der Waals surface area contributed by atoms with E-state index < -0.39 is 0 Å². The van der Waals surface area contributed by atoms with Crippen molar-refractivity contribution >= 4 is 17.6 Å². The molecule has 0 spiro atoms. The lowest BCUT2D eigenvalue weighted by Crippen LogP contribution is -2.46. The van der Waals surface area contributed by atoms with Gasteiger partial charge in [-0.25, -0.2) is 4.79 Å². The van der Waals surface area contributed by atoms with Crippen molar-refractivity contribution in [1.29, 1.82) is 0 Å². The first-order chi connectivity index (χ1) is 16.0. The van der Waals surface area contributed by atoms with Gasteiger partial charge >= 0.3 is 6.03 Å². The Balaban J connectivity index is 1.54. The van der Waals surface area contributed by atoms with Gasteiger partial charge in [0.15, 0.2) is 0 Å². The summed E-state index contributed by atoms with van der Waals surface area (Å²) in [4.78, 5) is 29.6. The van der Waals surface area contributed by atoms with Crippen molar-refractivity contribution < 1.29 is 14.3 Å². The van der Waals surface area contributed by atoms with Crippen LogP contribution in [0, 0.1) is 5.92 Å². The number of piperidine rings is 1. The van der Waals surface area contributed by atoms with Crippen LogP contribution in [0.1, 0.15) is 38.3 Å². The van der Waals surface area contributed by atoms with E-state index in [4.69, 9.17) is 4.74 Å². The predicted octanol–water partition coefficient (Wildman–Crippen LogP) is 4.14. The summed E-state index contributed by atoms with van der Waals surface area (Å²) in [5, 5.41) is 6.10. The number of likely N-dealkylation sites (tertiary alicyclic amines) is 1. The fourth-order valence-electron chi connectivity index (χ4n) is 4.38. The van der Waals surface area contributed by atoms with E-state index in [2.05, 4.69) is 35.4 Å². The first kappa shape index (κ1) is 24.6. The Kier molecular flexibility index (Phi) is 9.13. The standard InChI is InChI=1S/C26H36N4O3/c1-4-29(5-2)24(21-10-9-13-23(18-21)33-3)19-27-25(31)20-14-16-30(17-15-20)26(32)28-22-11-7-6-8-12-22/h6-13,18,20,24H,4-5,14-17,19H2,1-3H3,(H,27,31)(H,28,32). The number of anilines is 1. The molecule has 3 rings (SSSR count). The summed E-state index contributed by atoms with van der Waals surface area (Å²) in [5.74, 6) is 0.809. The fraction of sp³-hybridized carbons (Fsp3) is 0.462. The molecule has 1 heterocycles. The number of likely N-dealkylation sites (N-methyl/N-ethyl adjacent to an activating group) is 1. The molecular weight excluding hydrogens is 416 g/mol. The zero-order valence-electron chi connectivity index (χ0n) is 19.9. The molecule has 33 heavy (non-hydrogen) atoms. The van der Waals surface area contributed by atoms with E-state index in [1.165, 1.54) is 0 Å². The summed E-state index contributed by atoms with van der Waals surface area (Å²) < 4.78 is 5.40. The Morgan fingerprint density at radius 1 is 1.06 bits per heavy atom. The number of nitrogens with zero attached hydrogens (tertiary/aromatic N) is 2. The van der Waals surface area contributed by atoms with Crippen LogP contribution in [0.15, 0.2) is 54.6 Å². The average molecular weight is 453 g/mol. The van der Waals surface area contributed by atoms with Crippen LogP contribution in [-0.2, 0) is 4.79 Å². The molecule has 1 saturated heterocycles. The van der Waals surface area contributed by atoms with E-state index in [1.807, 2.05) is 48.5 Å². The number of rotatable bonds is 9. The van der Waals surface area contributed by atoms with Gasteiger partial charge in [0.1, 0.15) is 5.75 Å². The van der Waals surface area contributed by atoms with Gasteiger partial charge in [0.05, 0.1) is 13.2 Å². The van der Waals surface area contributed by atoms with Crippen molar-refractivity contribution in [3.63, 3.8) is 0 Å². The number of carbonyl (C=O) groups excluding carboxylic acids is 2. The smallest absolute Gasteiger partial charge is 0.321 e. The molecule has 1 aliphatic heterocycles. The second kappa shape index (κ2) is 12.3. The van der Waals surface area contributed by atoms with Gasteiger partial charge in [-0.3, -0.25) is 9.69 Å². The highest BCUT2D eigenvalue weighted by Gasteiger charge is 2.28. The van der Waals surface area contributed by atoms with Gasteiger partial charge in [0, 0.05) is 31.2 Å². The molecule has 3 amide bonds. The largest absolute Gasteiger partial charge is 0.497 e. The minimum Gasteiger partial charge on any atom is -0.497 e. The maximum atomic E-state index is 13.0. The third-order valence-electron chi connectivity index (χ3n) is 6.38. The molecule has 0 bridgehead atoms. The highest BCUT2D eigenvalue weighted by atomic mass is 16.5. The normalized spacial score (nSPS) is 15.2. The van der Waals surface area contributed by atoms with E-state index >= 15 is 0 Å². The molecule has 1 unspecified atom stereocenters. The molecule has 1 atom stereocenters. The van der Waals surface area contributed by atoms with Gasteiger partial charge in [-0.15, -0.1) is 0 Å². The second-order valence-corrected chi connectivity index (χ2v) is 8.32. The molecule has 178 valence electrons. The van der Waals surface area contributed by atoms with Crippen molar-refractivity contribution in [2.24, 2.45) is 5.92 Å². The molecule has 7 nitrogen and oxygen atoms in total. The molecule has 7 heteroatoms. The number of urea groups is 1. The van der Waals surface area contributed by atoms with Crippen LogP contribution in [0.2, 0.25) is 0 Å². The number of hydrogen-bond donors (Lipinski definition) is 2. The zero-order valence-corrected chi connectivity index (χ0v) is 19.9. The number of para-hydroxylation sites is 1. The van der Waals surface area contributed by atoms with Gasteiger partial charge in [0.25, 0.3) is 0 Å². The summed E-state index contributed by atoms with van der Waals surface area (Å²) in [6.07, 6.45) is 1.34. The Labute approximate surface area is 197 Å². The Bertz CT molecular complexity index is 893. The number of hydrogen-bond acceptors (Lipinski definition) is 4. The van der Waals surface area contributed by atoms with Gasteiger partial charge in [-0.1, -0.05) is 44.2 Å². The average Bonchev–Trinajstić information content (AvgIpc) is 2.87. The minimum atomic E-state index is -0.111. The van der Waals surface area contributed by atoms with Crippen molar-refractivity contribution in [3.8, 4) is 5.75 Å². The summed E-state index contributed by atoms with van der Waals surface area (Å²) >= 11 is 0. The van der Waals surface area contributed by atoms with Crippen LogP contribution in [-0.4, -0.2) is 61.6 Å². The lowest BCUT2D eigenvalue weighted by molar-refractivity contribution is -0.126. The predicted molar refractivity (Wildman–Crippen MR) is 131 cm³/mol. The van der Waals surface area contributed by atoms with Gasteiger partial charge in [-0.05, 0) is 55.8 Å². The summed E-state index contributed by atoms with van der Waals surface area (Å²) in [7, 11) is 1.67. The molecule has 0 saturated carbocycles. The molecule has 2 N–H and O–H groups in total. The fourth-order valence-corrected chi connectivity index (χ4v) is 4.38. The lowest BCUT2D eigenvalue weighted by Gasteiger charge is -2.33. The Morgan fingerprint density at radius 2 is 1.76 bits per heavy atom. The third-order valence-corrected chi connectivity index (χ3v) is 6.38. The van der Waals surface area contributed by atoms with Gasteiger partial charge < -0.3 is 20.3 Å². The van der Waals surface area contributed by atoms with Crippen molar-refractivity contribution in [2.75, 3.05) is 45.2 Å². The number of methoxy groups -OCH3 is 1. The summed E-state index contributed by atoms with van der Waals surface area (Å²) in [6.45, 7) is 7.75. The lowest BCUT2D eigenvalue weighted by atomic mass is 9.95. The quantitative estimate of drug-likeness (QED) is 0.600. The third kappa shape index (κ3) is 6.71. The van der Waals surface area contributed by atoms with Crippen LogP contribution in [0.4, 0.5) is 10.5 Å². The number of amides is 3. The van der Waals surface area contributed by atoms with E-state index in [0.717, 1.165) is 30.1 Å². The SMILES string of the molecule is CCN(CC)C(CNC(=O)C1CCN(C(=O)Nc2ccccc2)CC1)c1cccc(OC)c1. The van der Waals surface area contributed by atoms with E-state index in [-0.39, 0.29) is 23.9 Å².